The summed E-state index contributed by atoms with van der Waals surface area (Å²) in [7, 11) is 3.93. The molecule has 2 heterocycles. The molecule has 9 nitrogen and oxygen atoms in total. The molecule has 4 aliphatic rings. The van der Waals surface area contributed by atoms with Gasteiger partial charge in [-0.05, 0) is 94.0 Å². The van der Waals surface area contributed by atoms with E-state index in [9.17, 15) is 19.2 Å². The van der Waals surface area contributed by atoms with Crippen LogP contribution in [-0.4, -0.2) is 66.6 Å². The summed E-state index contributed by atoms with van der Waals surface area (Å²) in [6.07, 6.45) is 16.5. The van der Waals surface area contributed by atoms with E-state index in [-0.39, 0.29) is 66.8 Å². The molecule has 9 atom stereocenters. The molecule has 0 bridgehead atoms. The van der Waals surface area contributed by atoms with Gasteiger partial charge in [-0.15, -0.1) is 0 Å². The first-order chi connectivity index (χ1) is 24.1. The van der Waals surface area contributed by atoms with E-state index in [1.807, 2.05) is 35.4 Å². The molecule has 0 spiro atoms. The van der Waals surface area contributed by atoms with Crippen molar-refractivity contribution < 1.29 is 42.9 Å². The number of allylic oxidation sites excluding steroid dienone is 3. The Morgan fingerprint density at radius 1 is 0.960 bits per heavy atom. The molecule has 282 valence electrons. The van der Waals surface area contributed by atoms with Crippen molar-refractivity contribution in [1.82, 2.24) is 0 Å². The first-order valence-electron chi connectivity index (χ1n) is 19.2. The van der Waals surface area contributed by atoms with Gasteiger partial charge in [0.25, 0.3) is 0 Å². The standard InChI is InChI=1S/C39H60O9S2/c1-5-27(3)38(42)48-34-23-26(2)22-29-15-14-28(4)33(37(29)34)17-16-30-24-31(25-36(41)46-30)47-39(43)45-20-11-7-6-10-19-44-35(40)13-9-8-12-32-18-21-49-50-32/h14-15,22,26-28,30-34,37H,5-13,16-21,23-25H2,1-4H3. The van der Waals surface area contributed by atoms with Crippen molar-refractivity contribution in [1.29, 1.82) is 0 Å². The molecule has 2 aliphatic heterocycles. The van der Waals surface area contributed by atoms with Gasteiger partial charge in [-0.3, -0.25) is 14.4 Å². The summed E-state index contributed by atoms with van der Waals surface area (Å²) in [6, 6.07) is 0. The van der Waals surface area contributed by atoms with Gasteiger partial charge in [-0.25, -0.2) is 4.79 Å². The van der Waals surface area contributed by atoms with Crippen molar-refractivity contribution in [2.75, 3.05) is 19.0 Å². The largest absolute Gasteiger partial charge is 0.508 e. The molecule has 9 unspecified atom stereocenters. The van der Waals surface area contributed by atoms with Gasteiger partial charge in [-0.1, -0.05) is 73.9 Å². The van der Waals surface area contributed by atoms with Gasteiger partial charge >= 0.3 is 24.1 Å². The van der Waals surface area contributed by atoms with Crippen LogP contribution in [0.25, 0.3) is 0 Å². The van der Waals surface area contributed by atoms with Crippen LogP contribution in [0.5, 0.6) is 0 Å². The number of carbonyl (C=O) groups excluding carboxylic acids is 4. The molecule has 11 heteroatoms. The SMILES string of the molecule is CCC(C)C(=O)OC1CC(C)C=C2C=CC(C)C(CCC3CC(OC(=O)OCCCCCCOC(=O)CCCCC4CCSS4)CC(=O)O3)C21. The highest BCUT2D eigenvalue weighted by Gasteiger charge is 2.42. The lowest BCUT2D eigenvalue weighted by Crippen LogP contribution is -2.42. The van der Waals surface area contributed by atoms with Crippen LogP contribution in [-0.2, 0) is 38.1 Å². The van der Waals surface area contributed by atoms with Crippen LogP contribution in [0.15, 0.2) is 23.8 Å². The summed E-state index contributed by atoms with van der Waals surface area (Å²) in [5.41, 5.74) is 1.23. The van der Waals surface area contributed by atoms with E-state index < -0.39 is 12.3 Å². The zero-order chi connectivity index (χ0) is 35.9. The summed E-state index contributed by atoms with van der Waals surface area (Å²) in [6.45, 7) is 8.95. The Kier molecular flexibility index (Phi) is 17.4. The normalized spacial score (nSPS) is 29.7. The fourth-order valence-electron chi connectivity index (χ4n) is 7.49. The van der Waals surface area contributed by atoms with E-state index in [1.165, 1.54) is 24.2 Å². The van der Waals surface area contributed by atoms with E-state index in [0.717, 1.165) is 56.6 Å². The highest BCUT2D eigenvalue weighted by molar-refractivity contribution is 8.77. The van der Waals surface area contributed by atoms with Crippen LogP contribution in [0.1, 0.15) is 124 Å². The van der Waals surface area contributed by atoms with E-state index in [0.29, 0.717) is 38.2 Å². The summed E-state index contributed by atoms with van der Waals surface area (Å²) >= 11 is 0. The van der Waals surface area contributed by atoms with E-state index in [2.05, 4.69) is 32.1 Å². The third-order valence-electron chi connectivity index (χ3n) is 10.6. The number of cyclic esters (lactones) is 1. The number of unbranched alkanes of at least 4 members (excludes halogenated alkanes) is 4. The smallest absolute Gasteiger partial charge is 0.466 e. The van der Waals surface area contributed by atoms with Crippen molar-refractivity contribution >= 4 is 45.7 Å². The van der Waals surface area contributed by atoms with Gasteiger partial charge in [-0.2, -0.15) is 0 Å². The van der Waals surface area contributed by atoms with Crippen molar-refractivity contribution in [3.05, 3.63) is 23.8 Å². The first kappa shape index (κ1) is 40.6. The van der Waals surface area contributed by atoms with Crippen LogP contribution in [0.4, 0.5) is 4.79 Å². The van der Waals surface area contributed by atoms with Crippen LogP contribution in [0.3, 0.4) is 0 Å². The Morgan fingerprint density at radius 3 is 2.48 bits per heavy atom. The van der Waals surface area contributed by atoms with Crippen LogP contribution in [0.2, 0.25) is 0 Å². The number of hydrogen-bond acceptors (Lipinski definition) is 11. The Morgan fingerprint density at radius 2 is 1.74 bits per heavy atom. The predicted octanol–water partition coefficient (Wildman–Crippen LogP) is 9.17. The minimum absolute atomic E-state index is 0.0205. The van der Waals surface area contributed by atoms with Crippen molar-refractivity contribution in [3.63, 3.8) is 0 Å². The Labute approximate surface area is 307 Å². The van der Waals surface area contributed by atoms with E-state index >= 15 is 0 Å². The molecular weight excluding hydrogens is 677 g/mol. The molecule has 2 saturated heterocycles. The second-order valence-electron chi connectivity index (χ2n) is 14.7. The van der Waals surface area contributed by atoms with Gasteiger partial charge in [0, 0.05) is 29.8 Å². The molecule has 0 amide bonds. The Hall–Kier alpha value is -2.14. The third kappa shape index (κ3) is 13.4. The van der Waals surface area contributed by atoms with Gasteiger partial charge in [0.15, 0.2) is 0 Å². The number of hydrogen-bond donors (Lipinski definition) is 0. The predicted molar refractivity (Wildman–Crippen MR) is 197 cm³/mol. The molecule has 0 aromatic carbocycles. The molecule has 0 aromatic heterocycles. The van der Waals surface area contributed by atoms with Crippen LogP contribution >= 0.6 is 21.6 Å². The van der Waals surface area contributed by atoms with Gasteiger partial charge in [0.1, 0.15) is 18.3 Å². The van der Waals surface area contributed by atoms with Crippen LogP contribution in [0, 0.1) is 29.6 Å². The number of rotatable bonds is 19. The molecule has 0 saturated carbocycles. The minimum atomic E-state index is -0.759. The zero-order valence-electron chi connectivity index (χ0n) is 30.6. The summed E-state index contributed by atoms with van der Waals surface area (Å²) in [5, 5.41) is 0.751. The number of fused-ring (bicyclic) bond motifs is 1. The lowest BCUT2D eigenvalue weighted by Gasteiger charge is -2.43. The van der Waals surface area contributed by atoms with Crippen LogP contribution < -0.4 is 0 Å². The molecule has 0 aromatic rings. The maximum Gasteiger partial charge on any atom is 0.508 e. The molecule has 4 rings (SSSR count). The maximum atomic E-state index is 12.8. The lowest BCUT2D eigenvalue weighted by molar-refractivity contribution is -0.163. The van der Waals surface area contributed by atoms with Crippen molar-refractivity contribution in [3.8, 4) is 0 Å². The highest BCUT2D eigenvalue weighted by atomic mass is 33.1. The quantitative estimate of drug-likeness (QED) is 0.0547. The lowest BCUT2D eigenvalue weighted by atomic mass is 9.65. The first-order valence-corrected chi connectivity index (χ1v) is 21.6. The fourth-order valence-corrected chi connectivity index (χ4v) is 10.5. The average molecular weight is 737 g/mol. The molecule has 2 aliphatic carbocycles. The number of esters is 3. The fraction of sp³-hybridized carbons (Fsp3) is 0.795. The van der Waals surface area contributed by atoms with Gasteiger partial charge in [0.05, 0.1) is 25.6 Å². The molecule has 2 fully saturated rings. The second-order valence-corrected chi connectivity index (χ2v) is 17.5. The number of ether oxygens (including phenoxy) is 5. The van der Waals surface area contributed by atoms with Gasteiger partial charge < -0.3 is 23.7 Å². The molecular formula is C39H60O9S2. The van der Waals surface area contributed by atoms with Gasteiger partial charge in [0.2, 0.25) is 0 Å². The average Bonchev–Trinajstić information content (AvgIpc) is 3.60. The highest BCUT2D eigenvalue weighted by Crippen LogP contribution is 2.45. The summed E-state index contributed by atoms with van der Waals surface area (Å²) in [5.74, 6) is 1.45. The summed E-state index contributed by atoms with van der Waals surface area (Å²) < 4.78 is 28.0. The maximum absolute atomic E-state index is 12.8. The van der Waals surface area contributed by atoms with E-state index in [1.54, 1.807) is 0 Å². The number of carbonyl (C=O) groups is 4. The Balaban J connectivity index is 1.10. The monoisotopic (exact) mass is 736 g/mol. The Bertz CT molecular complexity index is 1170. The zero-order valence-corrected chi connectivity index (χ0v) is 32.3. The molecule has 50 heavy (non-hydrogen) atoms. The van der Waals surface area contributed by atoms with Crippen molar-refractivity contribution in [2.24, 2.45) is 29.6 Å². The molecule has 0 radical (unpaired) electrons. The van der Waals surface area contributed by atoms with Crippen molar-refractivity contribution in [2.45, 2.75) is 148 Å². The summed E-state index contributed by atoms with van der Waals surface area (Å²) in [4.78, 5) is 49.7. The topological polar surface area (TPSA) is 114 Å². The second kappa shape index (κ2) is 21.4. The van der Waals surface area contributed by atoms with E-state index in [4.69, 9.17) is 23.7 Å². The third-order valence-corrected chi connectivity index (χ3v) is 13.6. The minimum Gasteiger partial charge on any atom is -0.466 e. The molecule has 0 N–H and O–H groups in total.